The zero-order valence-electron chi connectivity index (χ0n) is 9.58. The van der Waals surface area contributed by atoms with Crippen molar-refractivity contribution in [2.24, 2.45) is 5.92 Å². The van der Waals surface area contributed by atoms with E-state index in [4.69, 9.17) is 16.3 Å². The number of carbonyl (C=O) groups is 2. The smallest absolute Gasteiger partial charge is 0.407 e. The Labute approximate surface area is 99.4 Å². The molecule has 0 aliphatic heterocycles. The van der Waals surface area contributed by atoms with Crippen molar-refractivity contribution >= 4 is 23.7 Å². The normalized spacial score (nSPS) is 23.5. The maximum atomic E-state index is 11.3. The molecule has 1 amide bonds. The van der Waals surface area contributed by atoms with Gasteiger partial charge in [0.05, 0.1) is 5.92 Å². The van der Waals surface area contributed by atoms with Gasteiger partial charge in [0.2, 0.25) is 0 Å². The van der Waals surface area contributed by atoms with Crippen molar-refractivity contribution in [2.45, 2.75) is 38.8 Å². The second-order valence-electron chi connectivity index (χ2n) is 4.67. The molecule has 0 unspecified atom stereocenters. The largest absolute Gasteiger partial charge is 0.449 e. The van der Waals surface area contributed by atoms with Crippen LogP contribution in [-0.4, -0.2) is 29.8 Å². The Balaban J connectivity index is 2.26. The van der Waals surface area contributed by atoms with Gasteiger partial charge in [-0.2, -0.15) is 0 Å². The second kappa shape index (κ2) is 4.91. The van der Waals surface area contributed by atoms with Gasteiger partial charge in [0.15, 0.2) is 6.07 Å². The summed E-state index contributed by atoms with van der Waals surface area (Å²) in [5.74, 6) is -0.665. The molecular formula is C10H16ClNO4. The number of amides is 1. The fourth-order valence-corrected chi connectivity index (χ4v) is 1.34. The van der Waals surface area contributed by atoms with E-state index >= 15 is 0 Å². The van der Waals surface area contributed by atoms with E-state index < -0.39 is 11.7 Å². The van der Waals surface area contributed by atoms with Crippen LogP contribution >= 0.6 is 11.6 Å². The number of carbonyl (C=O) groups excluding carboxylic acids is 2. The van der Waals surface area contributed by atoms with Crippen molar-refractivity contribution in [3.63, 3.8) is 0 Å². The summed E-state index contributed by atoms with van der Waals surface area (Å²) in [6, 6.07) is -0.348. The molecule has 1 aliphatic rings. The first-order valence-corrected chi connectivity index (χ1v) is 5.59. The Morgan fingerprint density at radius 1 is 1.44 bits per heavy atom. The van der Waals surface area contributed by atoms with Crippen molar-refractivity contribution in [1.82, 2.24) is 5.32 Å². The first-order chi connectivity index (χ1) is 7.33. The number of hydrogen-bond acceptors (Lipinski definition) is 4. The van der Waals surface area contributed by atoms with Crippen LogP contribution in [-0.2, 0) is 14.3 Å². The number of ether oxygens (including phenoxy) is 2. The predicted octanol–water partition coefficient (Wildman–Crippen LogP) is 1.64. The Bertz CT molecular complexity index is 287. The van der Waals surface area contributed by atoms with Crippen molar-refractivity contribution in [3.8, 4) is 0 Å². The minimum atomic E-state index is -0.537. The van der Waals surface area contributed by atoms with Gasteiger partial charge in [0.1, 0.15) is 5.60 Å². The zero-order chi connectivity index (χ0) is 12.3. The van der Waals surface area contributed by atoms with Crippen molar-refractivity contribution in [2.75, 3.05) is 6.07 Å². The number of halogens is 1. The van der Waals surface area contributed by atoms with Crippen molar-refractivity contribution < 1.29 is 19.1 Å². The van der Waals surface area contributed by atoms with E-state index in [2.05, 4.69) is 10.1 Å². The molecule has 1 fully saturated rings. The van der Waals surface area contributed by atoms with Crippen LogP contribution in [0, 0.1) is 5.92 Å². The van der Waals surface area contributed by atoms with Crippen molar-refractivity contribution in [1.29, 1.82) is 0 Å². The number of alkyl carbamates (subject to hydrolysis) is 1. The first kappa shape index (κ1) is 13.1. The lowest BCUT2D eigenvalue weighted by atomic mass is 10.2. The molecule has 0 heterocycles. The molecule has 0 bridgehead atoms. The lowest BCUT2D eigenvalue weighted by Gasteiger charge is -2.19. The summed E-state index contributed by atoms with van der Waals surface area (Å²) in [7, 11) is 0. The molecule has 5 nitrogen and oxygen atoms in total. The van der Waals surface area contributed by atoms with Crippen LogP contribution < -0.4 is 5.32 Å². The SMILES string of the molecule is CC(C)(C)OC(=O)N[C@@H]1C[C@H]1C(=O)OCCl. The predicted molar refractivity (Wildman–Crippen MR) is 58.1 cm³/mol. The van der Waals surface area contributed by atoms with Crippen LogP contribution in [0.15, 0.2) is 0 Å². The van der Waals surface area contributed by atoms with Crippen LogP contribution in [0.2, 0.25) is 0 Å². The van der Waals surface area contributed by atoms with Gasteiger partial charge in [-0.1, -0.05) is 11.6 Å². The van der Waals surface area contributed by atoms with Crippen LogP contribution in [0.4, 0.5) is 4.79 Å². The minimum absolute atomic E-state index is 0.158. The highest BCUT2D eigenvalue weighted by Crippen LogP contribution is 2.31. The molecule has 1 saturated carbocycles. The summed E-state index contributed by atoms with van der Waals surface area (Å²) < 4.78 is 9.66. The van der Waals surface area contributed by atoms with Gasteiger partial charge >= 0.3 is 12.1 Å². The molecule has 0 aromatic heterocycles. The molecule has 1 N–H and O–H groups in total. The highest BCUT2D eigenvalue weighted by Gasteiger charge is 2.46. The van der Waals surface area contributed by atoms with Gasteiger partial charge in [-0.05, 0) is 27.2 Å². The molecule has 92 valence electrons. The average Bonchev–Trinajstić information content (AvgIpc) is 2.80. The molecule has 0 saturated heterocycles. The Hall–Kier alpha value is -0.970. The molecule has 2 atom stereocenters. The van der Waals surface area contributed by atoms with E-state index in [0.717, 1.165) is 0 Å². The monoisotopic (exact) mass is 249 g/mol. The number of hydrogen-bond donors (Lipinski definition) is 1. The highest BCUT2D eigenvalue weighted by molar-refractivity contribution is 6.17. The third kappa shape index (κ3) is 4.26. The summed E-state index contributed by atoms with van der Waals surface area (Å²) in [5.41, 5.74) is -0.537. The van der Waals surface area contributed by atoms with E-state index in [9.17, 15) is 9.59 Å². The molecule has 0 aromatic carbocycles. The minimum Gasteiger partial charge on any atom is -0.449 e. The maximum Gasteiger partial charge on any atom is 0.407 e. The third-order valence-electron chi connectivity index (χ3n) is 1.99. The van der Waals surface area contributed by atoms with Crippen LogP contribution in [0.25, 0.3) is 0 Å². The molecule has 0 spiro atoms. The van der Waals surface area contributed by atoms with E-state index in [1.807, 2.05) is 0 Å². The third-order valence-corrected chi connectivity index (χ3v) is 2.10. The first-order valence-electron chi connectivity index (χ1n) is 5.05. The van der Waals surface area contributed by atoms with Gasteiger partial charge in [0.25, 0.3) is 0 Å². The zero-order valence-corrected chi connectivity index (χ0v) is 10.3. The van der Waals surface area contributed by atoms with E-state index in [-0.39, 0.29) is 24.0 Å². The van der Waals surface area contributed by atoms with Gasteiger partial charge in [-0.25, -0.2) is 4.79 Å². The molecule has 0 radical (unpaired) electrons. The Morgan fingerprint density at radius 2 is 2.06 bits per heavy atom. The van der Waals surface area contributed by atoms with Crippen LogP contribution in [0.5, 0.6) is 0 Å². The van der Waals surface area contributed by atoms with E-state index in [1.54, 1.807) is 20.8 Å². The number of esters is 1. The average molecular weight is 250 g/mol. The fourth-order valence-electron chi connectivity index (χ4n) is 1.23. The van der Waals surface area contributed by atoms with Crippen LogP contribution in [0.3, 0.4) is 0 Å². The van der Waals surface area contributed by atoms with Gasteiger partial charge in [-0.15, -0.1) is 0 Å². The molecule has 16 heavy (non-hydrogen) atoms. The summed E-state index contributed by atoms with van der Waals surface area (Å²) in [4.78, 5) is 22.5. The van der Waals surface area contributed by atoms with Crippen molar-refractivity contribution in [3.05, 3.63) is 0 Å². The Kier molecular flexibility index (Phi) is 4.02. The Morgan fingerprint density at radius 3 is 2.56 bits per heavy atom. The standard InChI is InChI=1S/C10H16ClNO4/c1-10(2,3)16-9(14)12-7-4-6(7)8(13)15-5-11/h6-7H,4-5H2,1-3H3,(H,12,14)/t6-,7-/m1/s1. The molecule has 1 aliphatic carbocycles. The molecular weight excluding hydrogens is 234 g/mol. The second-order valence-corrected chi connectivity index (χ2v) is 4.89. The number of alkyl halides is 1. The quantitative estimate of drug-likeness (QED) is 0.610. The summed E-state index contributed by atoms with van der Waals surface area (Å²) in [6.07, 6.45) is 0.0632. The van der Waals surface area contributed by atoms with E-state index in [0.29, 0.717) is 6.42 Å². The van der Waals surface area contributed by atoms with E-state index in [1.165, 1.54) is 0 Å². The molecule has 0 aromatic rings. The topological polar surface area (TPSA) is 64.6 Å². The summed E-state index contributed by atoms with van der Waals surface area (Å²) >= 11 is 5.25. The summed E-state index contributed by atoms with van der Waals surface area (Å²) in [5, 5.41) is 2.59. The highest BCUT2D eigenvalue weighted by atomic mass is 35.5. The fraction of sp³-hybridized carbons (Fsp3) is 0.800. The lowest BCUT2D eigenvalue weighted by molar-refractivity contribution is -0.143. The van der Waals surface area contributed by atoms with Crippen LogP contribution in [0.1, 0.15) is 27.2 Å². The lowest BCUT2D eigenvalue weighted by Crippen LogP contribution is -2.35. The maximum absolute atomic E-state index is 11.3. The van der Waals surface area contributed by atoms with Gasteiger partial charge < -0.3 is 14.8 Å². The molecule has 1 rings (SSSR count). The molecule has 6 heteroatoms. The number of rotatable bonds is 3. The number of nitrogens with one attached hydrogen (secondary N) is 1. The summed E-state index contributed by atoms with van der Waals surface area (Å²) in [6.45, 7) is 5.33. The van der Waals surface area contributed by atoms with Gasteiger partial charge in [-0.3, -0.25) is 4.79 Å². The van der Waals surface area contributed by atoms with Gasteiger partial charge in [0, 0.05) is 6.04 Å².